The number of rotatable bonds is 38. The number of hydrogen-bond acceptors (Lipinski definition) is 12. The second-order valence-corrected chi connectivity index (χ2v) is 30.8. The lowest BCUT2D eigenvalue weighted by atomic mass is 10.1. The monoisotopic (exact) mass is 1590 g/mol. The second-order valence-electron chi connectivity index (χ2n) is 30.8. The number of ether oxygens (including phenoxy) is 4. The van der Waals surface area contributed by atoms with E-state index in [-0.39, 0.29) is 23.8 Å². The van der Waals surface area contributed by atoms with E-state index in [1.165, 1.54) is 46.2 Å². The Labute approximate surface area is 699 Å². The first-order valence-electron chi connectivity index (χ1n) is 42.4. The van der Waals surface area contributed by atoms with Crippen LogP contribution in [-0.2, 0) is 44.9 Å². The number of aryl methyl sites for hydroxylation is 7. The van der Waals surface area contributed by atoms with Crippen molar-refractivity contribution >= 4 is 50.8 Å². The van der Waals surface area contributed by atoms with Gasteiger partial charge in [0.05, 0.1) is 58.7 Å². The van der Waals surface area contributed by atoms with Gasteiger partial charge < -0.3 is 39.5 Å². The van der Waals surface area contributed by atoms with Crippen molar-refractivity contribution in [2.45, 2.75) is 163 Å². The molecule has 9 aromatic carbocycles. The van der Waals surface area contributed by atoms with Crippen molar-refractivity contribution in [3.05, 3.63) is 282 Å². The quantitative estimate of drug-likeness (QED) is 0.0309. The first kappa shape index (κ1) is 84.4. The summed E-state index contributed by atoms with van der Waals surface area (Å²) in [7, 11) is 1.67. The molecule has 15 rings (SSSR count). The Bertz CT molecular complexity index is 5590. The summed E-state index contributed by atoms with van der Waals surface area (Å²) in [6, 6.07) is 75.1. The highest BCUT2D eigenvalue weighted by molar-refractivity contribution is 5.87. The minimum atomic E-state index is 0.0529. The Kier molecular flexibility index (Phi) is 30.6. The summed E-state index contributed by atoms with van der Waals surface area (Å²) in [5, 5.41) is 8.94. The Morgan fingerprint density at radius 2 is 0.899 bits per heavy atom. The topological polar surface area (TPSA) is 208 Å². The van der Waals surface area contributed by atoms with Crippen molar-refractivity contribution in [2.75, 3.05) is 46.6 Å². The molecule has 0 bridgehead atoms. The fourth-order valence-corrected chi connectivity index (χ4v) is 15.0. The summed E-state index contributed by atoms with van der Waals surface area (Å²) in [5.41, 5.74) is 21.3. The summed E-state index contributed by atoms with van der Waals surface area (Å²) in [5.74, 6) is 5.57. The SMILES string of the molecule is COCCCNC(=O)CCCCC(C)Oc1ccc2nc(-c3ccccc3)n(-c3ccc4c(c3)CCC4)c2c1.Cc1ccc(-n2c(-c3ccccc3)nc3ccc(OCCCCCC(=O)NCCCn4ccnc4)cc32)cc1C.Cc1ccc(-n2c(-c3ccccc3)nc3ccc(OCCCCCC(=O)NCCc4ccccn4)cc32)cc1C. The maximum atomic E-state index is 12.1. The molecule has 19 nitrogen and oxygen atoms in total. The predicted octanol–water partition coefficient (Wildman–Crippen LogP) is 20.3. The van der Waals surface area contributed by atoms with Gasteiger partial charge in [0.1, 0.15) is 34.7 Å². The highest BCUT2D eigenvalue weighted by Crippen LogP contribution is 2.37. The van der Waals surface area contributed by atoms with Gasteiger partial charge in [0, 0.05) is 142 Å². The third kappa shape index (κ3) is 23.7. The molecule has 1 atom stereocenters. The molecule has 3 N–H and O–H groups in total. The van der Waals surface area contributed by atoms with E-state index < -0.39 is 0 Å². The molecule has 5 aromatic heterocycles. The molecular weight excluding hydrogens is 1480 g/mol. The maximum Gasteiger partial charge on any atom is 0.220 e. The van der Waals surface area contributed by atoms with Crippen LogP contribution in [0.4, 0.5) is 0 Å². The molecular formula is C100H112N12O7. The summed E-state index contributed by atoms with van der Waals surface area (Å²) < 4.78 is 32.4. The molecule has 614 valence electrons. The second kappa shape index (κ2) is 43.1. The molecule has 1 unspecified atom stereocenters. The predicted molar refractivity (Wildman–Crippen MR) is 477 cm³/mol. The van der Waals surface area contributed by atoms with E-state index in [1.807, 2.05) is 102 Å². The lowest BCUT2D eigenvalue weighted by Gasteiger charge is -2.16. The van der Waals surface area contributed by atoms with Crippen molar-refractivity contribution in [1.29, 1.82) is 0 Å². The zero-order valence-electron chi connectivity index (χ0n) is 69.7. The van der Waals surface area contributed by atoms with Crippen LogP contribution in [0.2, 0.25) is 0 Å². The lowest BCUT2D eigenvalue weighted by Crippen LogP contribution is -2.25. The molecule has 1 aliphatic rings. The average molecular weight is 1590 g/mol. The van der Waals surface area contributed by atoms with Crippen molar-refractivity contribution < 1.29 is 33.3 Å². The molecule has 1 aliphatic carbocycles. The van der Waals surface area contributed by atoms with Crippen LogP contribution in [0.15, 0.2) is 243 Å². The number of pyridine rings is 1. The van der Waals surface area contributed by atoms with E-state index in [1.54, 1.807) is 25.8 Å². The van der Waals surface area contributed by atoms with E-state index in [9.17, 15) is 14.4 Å². The number of hydrogen-bond donors (Lipinski definition) is 3. The third-order valence-corrected chi connectivity index (χ3v) is 21.8. The number of aromatic nitrogens is 9. The van der Waals surface area contributed by atoms with Gasteiger partial charge in [-0.2, -0.15) is 0 Å². The van der Waals surface area contributed by atoms with E-state index in [0.717, 1.165) is 197 Å². The molecule has 0 spiro atoms. The van der Waals surface area contributed by atoms with Crippen LogP contribution in [0.3, 0.4) is 0 Å². The van der Waals surface area contributed by atoms with E-state index in [0.29, 0.717) is 58.7 Å². The fourth-order valence-electron chi connectivity index (χ4n) is 15.0. The van der Waals surface area contributed by atoms with E-state index in [2.05, 4.69) is 202 Å². The molecule has 5 heterocycles. The maximum absolute atomic E-state index is 12.1. The fraction of sp³-hybridized carbons (Fsp3) is 0.320. The number of carbonyl (C=O) groups excluding carboxylic acids is 3. The van der Waals surface area contributed by atoms with Crippen LogP contribution in [-0.4, -0.2) is 114 Å². The summed E-state index contributed by atoms with van der Waals surface area (Å²) in [6.07, 6.45) is 23.1. The van der Waals surface area contributed by atoms with Crippen molar-refractivity contribution in [3.63, 3.8) is 0 Å². The number of nitrogens with zero attached hydrogens (tertiary/aromatic N) is 9. The molecule has 19 heteroatoms. The lowest BCUT2D eigenvalue weighted by molar-refractivity contribution is -0.122. The van der Waals surface area contributed by atoms with Gasteiger partial charge in [0.2, 0.25) is 17.7 Å². The molecule has 0 radical (unpaired) electrons. The molecule has 0 aliphatic heterocycles. The van der Waals surface area contributed by atoms with E-state index >= 15 is 0 Å². The molecule has 119 heavy (non-hydrogen) atoms. The van der Waals surface area contributed by atoms with Gasteiger partial charge >= 0.3 is 0 Å². The average Bonchev–Trinajstić information content (AvgIpc) is 1.64. The summed E-state index contributed by atoms with van der Waals surface area (Å²) in [6.45, 7) is 15.4. The molecule has 0 fully saturated rings. The standard InChI is InChI=1S/C34H36N4O2.C33H37N5O2.C33H39N3O3/c1-25-15-16-29(23-26(25)2)38-32-24-30(17-18-31(32)37-34(38)27-11-5-3-6-12-27)40-22-10-4-7-14-33(39)36-21-19-28-13-8-9-20-35-28;1-25-13-14-28(22-26(25)2)38-31-23-29(15-16-30(31)36-33(38)27-10-5-3-6-11-27)40-21-8-4-7-12-32(39)35-17-9-19-37-20-18-34-24-37;1-24(10-6-7-15-32(37)34-20-9-21-38-2)39-29-18-19-30-31(23-29)36(33(35-30)26-11-4-3-5-12-26)28-17-16-25-13-8-14-27(25)22-28/h3,5-6,8-9,11-13,15-18,20,23-24H,4,7,10,14,19,21-22H2,1-2H3,(H,36,39);3,5-6,10-11,13-16,18,20,22-24H,4,7-9,12,17,19,21H2,1-2H3,(H,35,39);3-5,11-12,16-19,22-24H,6-10,13-15,20-21H2,1-2H3,(H,34,37). The van der Waals surface area contributed by atoms with Gasteiger partial charge in [-0.05, 0) is 243 Å². The van der Waals surface area contributed by atoms with Gasteiger partial charge in [0.25, 0.3) is 0 Å². The van der Waals surface area contributed by atoms with Crippen LogP contribution in [0.25, 0.3) is 84.3 Å². The van der Waals surface area contributed by atoms with Crippen LogP contribution in [0.1, 0.15) is 142 Å². The van der Waals surface area contributed by atoms with Crippen LogP contribution in [0.5, 0.6) is 17.2 Å². The smallest absolute Gasteiger partial charge is 0.220 e. The number of carbonyl (C=O) groups is 3. The highest BCUT2D eigenvalue weighted by atomic mass is 16.5. The number of unbranched alkanes of at least 4 members (excludes halogenated alkanes) is 5. The third-order valence-electron chi connectivity index (χ3n) is 21.8. The van der Waals surface area contributed by atoms with Gasteiger partial charge in [0.15, 0.2) is 0 Å². The van der Waals surface area contributed by atoms with Crippen molar-refractivity contribution in [3.8, 4) is 68.5 Å². The molecule has 0 saturated heterocycles. The first-order valence-corrected chi connectivity index (χ1v) is 42.4. The van der Waals surface area contributed by atoms with Crippen molar-refractivity contribution in [2.24, 2.45) is 0 Å². The van der Waals surface area contributed by atoms with Gasteiger partial charge in [-0.3, -0.25) is 33.1 Å². The summed E-state index contributed by atoms with van der Waals surface area (Å²) in [4.78, 5) is 59.6. The Hall–Kier alpha value is -12.5. The zero-order chi connectivity index (χ0) is 82.5. The molecule has 0 saturated carbocycles. The van der Waals surface area contributed by atoms with Crippen molar-refractivity contribution in [1.82, 2.24) is 59.1 Å². The molecule has 3 amide bonds. The minimum absolute atomic E-state index is 0.0529. The molecule has 14 aromatic rings. The number of amides is 3. The van der Waals surface area contributed by atoms with Crippen LogP contribution >= 0.6 is 0 Å². The normalized spacial score (nSPS) is 11.8. The largest absolute Gasteiger partial charge is 0.494 e. The Morgan fingerprint density at radius 1 is 0.429 bits per heavy atom. The number of fused-ring (bicyclic) bond motifs is 4. The number of methoxy groups -OCH3 is 1. The van der Waals surface area contributed by atoms with Gasteiger partial charge in [-0.1, -0.05) is 115 Å². The number of benzene rings is 9. The van der Waals surface area contributed by atoms with Gasteiger partial charge in [-0.25, -0.2) is 19.9 Å². The highest BCUT2D eigenvalue weighted by Gasteiger charge is 2.22. The Balaban J connectivity index is 0.000000155. The number of nitrogens with one attached hydrogen (secondary N) is 3. The van der Waals surface area contributed by atoms with Crippen LogP contribution in [0, 0.1) is 27.7 Å². The summed E-state index contributed by atoms with van der Waals surface area (Å²) >= 11 is 0. The first-order chi connectivity index (χ1) is 58.3. The van der Waals surface area contributed by atoms with Gasteiger partial charge in [-0.15, -0.1) is 0 Å². The minimum Gasteiger partial charge on any atom is -0.494 e. The Morgan fingerprint density at radius 3 is 1.39 bits per heavy atom. The number of imidazole rings is 4. The van der Waals surface area contributed by atoms with E-state index in [4.69, 9.17) is 33.9 Å². The van der Waals surface area contributed by atoms with Crippen LogP contribution < -0.4 is 30.2 Å². The zero-order valence-corrected chi connectivity index (χ0v) is 69.7.